The third-order valence-electron chi connectivity index (χ3n) is 2.03. The van der Waals surface area contributed by atoms with Crippen molar-refractivity contribution in [3.8, 4) is 11.8 Å². The van der Waals surface area contributed by atoms with Gasteiger partial charge in [0, 0.05) is 4.47 Å². The summed E-state index contributed by atoms with van der Waals surface area (Å²) in [5.41, 5.74) is 1.42. The maximum absolute atomic E-state index is 8.82. The van der Waals surface area contributed by atoms with Gasteiger partial charge in [0.05, 0.1) is 6.61 Å². The first kappa shape index (κ1) is 11.2. The first-order valence-corrected chi connectivity index (χ1v) is 5.47. The van der Waals surface area contributed by atoms with E-state index in [1.165, 1.54) is 6.26 Å². The zero-order valence-corrected chi connectivity index (χ0v) is 10.2. The zero-order chi connectivity index (χ0) is 11.5. The average molecular weight is 284 g/mol. The summed E-state index contributed by atoms with van der Waals surface area (Å²) in [4.78, 5) is 3.94. The number of aliphatic hydroxyl groups excluding tert-OH is 1. The van der Waals surface area contributed by atoms with Crippen LogP contribution in [-0.2, 0) is 6.61 Å². The number of halogens is 1. The van der Waals surface area contributed by atoms with Crippen LogP contribution in [0.1, 0.15) is 11.3 Å². The smallest absolute Gasteiger partial charge is 0.399 e. The number of ether oxygens (including phenoxy) is 1. The fraction of sp³-hybridized carbons (Fsp3) is 0.182. The Morgan fingerprint density at radius 3 is 2.94 bits per heavy atom. The Balaban J connectivity index is 2.20. The minimum Gasteiger partial charge on any atom is -0.417 e. The molecule has 0 atom stereocenters. The number of benzene rings is 1. The summed E-state index contributed by atoms with van der Waals surface area (Å²) in [5.74, 6) is 0.675. The molecular formula is C11H10BrNO3. The van der Waals surface area contributed by atoms with Gasteiger partial charge >= 0.3 is 6.08 Å². The van der Waals surface area contributed by atoms with Gasteiger partial charge in [0.15, 0.2) is 0 Å². The fourth-order valence-electron chi connectivity index (χ4n) is 1.23. The van der Waals surface area contributed by atoms with Crippen LogP contribution in [0.2, 0.25) is 0 Å². The molecule has 0 fully saturated rings. The molecule has 5 heteroatoms. The van der Waals surface area contributed by atoms with Crippen LogP contribution in [0.25, 0.3) is 0 Å². The van der Waals surface area contributed by atoms with Gasteiger partial charge in [0.2, 0.25) is 0 Å². The van der Waals surface area contributed by atoms with Crippen molar-refractivity contribution in [3.63, 3.8) is 0 Å². The molecule has 0 amide bonds. The van der Waals surface area contributed by atoms with Gasteiger partial charge in [-0.1, -0.05) is 15.9 Å². The van der Waals surface area contributed by atoms with Gasteiger partial charge in [-0.25, -0.2) is 0 Å². The normalized spacial score (nSPS) is 10.4. The Hall–Kier alpha value is -1.33. The SMILES string of the molecule is Cc1cc(Br)ccc1Oc1nc(CO)co1. The van der Waals surface area contributed by atoms with E-state index in [9.17, 15) is 0 Å². The van der Waals surface area contributed by atoms with Crippen LogP contribution in [0.5, 0.6) is 11.8 Å². The highest BCUT2D eigenvalue weighted by Gasteiger charge is 2.07. The Morgan fingerprint density at radius 1 is 1.50 bits per heavy atom. The lowest BCUT2D eigenvalue weighted by atomic mass is 10.2. The minimum absolute atomic E-state index is 0.134. The van der Waals surface area contributed by atoms with Crippen molar-refractivity contribution < 1.29 is 14.3 Å². The molecule has 0 unspecified atom stereocenters. The van der Waals surface area contributed by atoms with E-state index in [1.807, 2.05) is 25.1 Å². The maximum Gasteiger partial charge on any atom is 0.399 e. The first-order valence-electron chi connectivity index (χ1n) is 4.68. The molecule has 2 rings (SSSR count). The van der Waals surface area contributed by atoms with Crippen LogP contribution in [0.3, 0.4) is 0 Å². The molecule has 0 saturated heterocycles. The van der Waals surface area contributed by atoms with Crippen molar-refractivity contribution in [2.45, 2.75) is 13.5 Å². The molecule has 1 aromatic carbocycles. The van der Waals surface area contributed by atoms with E-state index in [-0.39, 0.29) is 12.7 Å². The fourth-order valence-corrected chi connectivity index (χ4v) is 1.70. The molecule has 1 heterocycles. The van der Waals surface area contributed by atoms with Crippen molar-refractivity contribution in [1.82, 2.24) is 4.98 Å². The first-order chi connectivity index (χ1) is 7.69. The molecular weight excluding hydrogens is 274 g/mol. The van der Waals surface area contributed by atoms with Crippen LogP contribution in [0.15, 0.2) is 33.4 Å². The van der Waals surface area contributed by atoms with Crippen molar-refractivity contribution in [3.05, 3.63) is 40.2 Å². The molecule has 1 aromatic heterocycles. The summed E-state index contributed by atoms with van der Waals surface area (Å²) in [7, 11) is 0. The average Bonchev–Trinajstić information content (AvgIpc) is 2.70. The number of nitrogens with zero attached hydrogens (tertiary/aromatic N) is 1. The maximum atomic E-state index is 8.82. The van der Waals surface area contributed by atoms with Gasteiger partial charge in [-0.05, 0) is 30.7 Å². The predicted molar refractivity (Wildman–Crippen MR) is 61.4 cm³/mol. The van der Waals surface area contributed by atoms with Gasteiger partial charge in [0.25, 0.3) is 0 Å². The van der Waals surface area contributed by atoms with Crippen LogP contribution < -0.4 is 4.74 Å². The topological polar surface area (TPSA) is 55.5 Å². The molecule has 1 N–H and O–H groups in total. The number of aliphatic hydroxyl groups is 1. The molecule has 16 heavy (non-hydrogen) atoms. The second-order valence-electron chi connectivity index (χ2n) is 3.27. The summed E-state index contributed by atoms with van der Waals surface area (Å²) >= 11 is 3.37. The van der Waals surface area contributed by atoms with E-state index >= 15 is 0 Å². The minimum atomic E-state index is -0.161. The van der Waals surface area contributed by atoms with Crippen LogP contribution >= 0.6 is 15.9 Å². The van der Waals surface area contributed by atoms with Crippen molar-refractivity contribution in [2.75, 3.05) is 0 Å². The Labute approximate surface area is 101 Å². The molecule has 0 spiro atoms. The summed E-state index contributed by atoms with van der Waals surface area (Å²) in [6, 6.07) is 5.63. The highest BCUT2D eigenvalue weighted by Crippen LogP contribution is 2.26. The number of oxazole rings is 1. The summed E-state index contributed by atoms with van der Waals surface area (Å²) in [6.07, 6.45) is 1.50. The summed E-state index contributed by atoms with van der Waals surface area (Å²) < 4.78 is 11.5. The number of aromatic nitrogens is 1. The summed E-state index contributed by atoms with van der Waals surface area (Å²) in [5, 5.41) is 8.82. The van der Waals surface area contributed by atoms with Crippen LogP contribution in [-0.4, -0.2) is 10.1 Å². The largest absolute Gasteiger partial charge is 0.417 e. The molecule has 0 bridgehead atoms. The van der Waals surface area contributed by atoms with E-state index in [1.54, 1.807) is 0 Å². The monoisotopic (exact) mass is 283 g/mol. The molecule has 4 nitrogen and oxygen atoms in total. The van der Waals surface area contributed by atoms with Gasteiger partial charge in [-0.2, -0.15) is 4.98 Å². The van der Waals surface area contributed by atoms with Crippen molar-refractivity contribution in [1.29, 1.82) is 0 Å². The third kappa shape index (κ3) is 2.43. The van der Waals surface area contributed by atoms with E-state index in [0.29, 0.717) is 11.4 Å². The quantitative estimate of drug-likeness (QED) is 0.941. The summed E-state index contributed by atoms with van der Waals surface area (Å²) in [6.45, 7) is 1.77. The standard InChI is InChI=1S/C11H10BrNO3/c1-7-4-8(12)2-3-10(7)16-11-13-9(5-14)6-15-11/h2-4,6,14H,5H2,1H3. The second-order valence-corrected chi connectivity index (χ2v) is 4.19. The van der Waals surface area contributed by atoms with E-state index in [2.05, 4.69) is 20.9 Å². The Morgan fingerprint density at radius 2 is 2.31 bits per heavy atom. The van der Waals surface area contributed by atoms with Gasteiger partial charge in [-0.15, -0.1) is 0 Å². The highest BCUT2D eigenvalue weighted by atomic mass is 79.9. The molecule has 0 saturated carbocycles. The molecule has 2 aromatic rings. The predicted octanol–water partition coefficient (Wildman–Crippen LogP) is 3.03. The molecule has 0 aliphatic heterocycles. The second kappa shape index (κ2) is 4.67. The van der Waals surface area contributed by atoms with Crippen LogP contribution in [0, 0.1) is 6.92 Å². The number of aryl methyl sites for hydroxylation is 1. The highest BCUT2D eigenvalue weighted by molar-refractivity contribution is 9.10. The lowest BCUT2D eigenvalue weighted by molar-refractivity contribution is 0.276. The number of hydrogen-bond acceptors (Lipinski definition) is 4. The van der Waals surface area contributed by atoms with Crippen molar-refractivity contribution in [2.24, 2.45) is 0 Å². The lowest BCUT2D eigenvalue weighted by Gasteiger charge is -2.04. The van der Waals surface area contributed by atoms with E-state index in [0.717, 1.165) is 10.0 Å². The Bertz CT molecular complexity index is 496. The molecule has 0 aliphatic rings. The number of rotatable bonds is 3. The van der Waals surface area contributed by atoms with Gasteiger partial charge < -0.3 is 14.3 Å². The molecule has 0 aliphatic carbocycles. The van der Waals surface area contributed by atoms with Gasteiger partial charge in [-0.3, -0.25) is 0 Å². The zero-order valence-electron chi connectivity index (χ0n) is 8.61. The molecule has 84 valence electrons. The van der Waals surface area contributed by atoms with E-state index in [4.69, 9.17) is 14.3 Å². The number of hydrogen-bond donors (Lipinski definition) is 1. The lowest BCUT2D eigenvalue weighted by Crippen LogP contribution is -1.88. The molecule has 0 radical (unpaired) electrons. The van der Waals surface area contributed by atoms with Gasteiger partial charge in [0.1, 0.15) is 17.7 Å². The van der Waals surface area contributed by atoms with E-state index < -0.39 is 0 Å². The third-order valence-corrected chi connectivity index (χ3v) is 2.52. The Kier molecular flexibility index (Phi) is 3.26. The van der Waals surface area contributed by atoms with Crippen molar-refractivity contribution >= 4 is 15.9 Å². The van der Waals surface area contributed by atoms with Crippen LogP contribution in [0.4, 0.5) is 0 Å².